The summed E-state index contributed by atoms with van der Waals surface area (Å²) in [5, 5.41) is 11.7. The van der Waals surface area contributed by atoms with Gasteiger partial charge in [0.1, 0.15) is 0 Å². The molecule has 0 bridgehead atoms. The van der Waals surface area contributed by atoms with Gasteiger partial charge in [0.2, 0.25) is 5.91 Å². The summed E-state index contributed by atoms with van der Waals surface area (Å²) in [6, 6.07) is 0. The quantitative estimate of drug-likeness (QED) is 0.737. The molecule has 98 valence electrons. The lowest BCUT2D eigenvalue weighted by Crippen LogP contribution is -2.52. The van der Waals surface area contributed by atoms with E-state index in [1.165, 1.54) is 0 Å². The molecule has 1 saturated heterocycles. The van der Waals surface area contributed by atoms with Crippen molar-refractivity contribution in [2.75, 3.05) is 25.2 Å². The van der Waals surface area contributed by atoms with Crippen LogP contribution < -0.4 is 5.32 Å². The van der Waals surface area contributed by atoms with Crippen LogP contribution in [0.1, 0.15) is 19.8 Å². The van der Waals surface area contributed by atoms with Crippen LogP contribution in [0, 0.1) is 5.92 Å². The normalized spacial score (nSPS) is 25.5. The highest BCUT2D eigenvalue weighted by molar-refractivity contribution is 7.98. The van der Waals surface area contributed by atoms with E-state index < -0.39 is 11.5 Å². The molecule has 0 aromatic rings. The Morgan fingerprint density at radius 3 is 2.76 bits per heavy atom. The summed E-state index contributed by atoms with van der Waals surface area (Å²) >= 11 is 1.60. The molecular formula is C11H19NO4S. The van der Waals surface area contributed by atoms with Crippen molar-refractivity contribution in [3.05, 3.63) is 0 Å². The molecule has 17 heavy (non-hydrogen) atoms. The maximum atomic E-state index is 11.9. The zero-order chi connectivity index (χ0) is 12.9. The van der Waals surface area contributed by atoms with Crippen LogP contribution in [0.5, 0.6) is 0 Å². The number of hydrogen-bond donors (Lipinski definition) is 2. The zero-order valence-electron chi connectivity index (χ0n) is 10.2. The number of rotatable bonds is 6. The van der Waals surface area contributed by atoms with Crippen LogP contribution in [-0.2, 0) is 14.3 Å². The molecule has 1 rings (SSSR count). The summed E-state index contributed by atoms with van der Waals surface area (Å²) in [6.45, 7) is 2.64. The third-order valence-electron chi connectivity index (χ3n) is 2.85. The molecule has 0 aromatic carbocycles. The number of carbonyl (C=O) groups is 2. The lowest BCUT2D eigenvalue weighted by Gasteiger charge is -2.28. The van der Waals surface area contributed by atoms with Crippen molar-refractivity contribution < 1.29 is 19.4 Å². The van der Waals surface area contributed by atoms with Crippen molar-refractivity contribution in [1.29, 1.82) is 0 Å². The maximum Gasteiger partial charge on any atom is 0.305 e. The smallest absolute Gasteiger partial charge is 0.305 e. The molecule has 0 saturated carbocycles. The van der Waals surface area contributed by atoms with Crippen molar-refractivity contribution >= 4 is 23.6 Å². The largest absolute Gasteiger partial charge is 0.481 e. The third kappa shape index (κ3) is 4.20. The summed E-state index contributed by atoms with van der Waals surface area (Å²) in [4.78, 5) is 22.7. The minimum atomic E-state index is -0.909. The number of thioether (sulfide) groups is 1. The average Bonchev–Trinajstić information content (AvgIpc) is 2.65. The van der Waals surface area contributed by atoms with Crippen molar-refractivity contribution in [3.63, 3.8) is 0 Å². The standard InChI is InChI=1S/C11H19NO4S/c1-8(6-17-2)10(15)12-11(5-9(13)14)3-4-16-7-11/h8H,3-7H2,1-2H3,(H,12,15)(H,13,14). The molecular weight excluding hydrogens is 242 g/mol. The first-order valence-electron chi connectivity index (χ1n) is 5.59. The zero-order valence-corrected chi connectivity index (χ0v) is 11.0. The highest BCUT2D eigenvalue weighted by atomic mass is 32.2. The molecule has 0 aromatic heterocycles. The van der Waals surface area contributed by atoms with E-state index in [0.29, 0.717) is 13.0 Å². The number of nitrogens with one attached hydrogen (secondary N) is 1. The minimum absolute atomic E-state index is 0.0786. The lowest BCUT2D eigenvalue weighted by atomic mass is 9.93. The Morgan fingerprint density at radius 1 is 1.59 bits per heavy atom. The first-order chi connectivity index (χ1) is 7.99. The van der Waals surface area contributed by atoms with Crippen LogP contribution in [-0.4, -0.2) is 47.7 Å². The molecule has 2 unspecified atom stereocenters. The molecule has 1 amide bonds. The van der Waals surface area contributed by atoms with Gasteiger partial charge < -0.3 is 15.2 Å². The highest BCUT2D eigenvalue weighted by Crippen LogP contribution is 2.23. The van der Waals surface area contributed by atoms with E-state index in [-0.39, 0.29) is 24.9 Å². The number of carbonyl (C=O) groups excluding carboxylic acids is 1. The Bertz CT molecular complexity index is 289. The van der Waals surface area contributed by atoms with Crippen molar-refractivity contribution in [1.82, 2.24) is 5.32 Å². The number of ether oxygens (including phenoxy) is 1. The van der Waals surface area contributed by atoms with Gasteiger partial charge in [0.05, 0.1) is 18.6 Å². The Labute approximate surface area is 105 Å². The Hall–Kier alpha value is -0.750. The molecule has 1 heterocycles. The van der Waals surface area contributed by atoms with E-state index in [2.05, 4.69) is 5.32 Å². The van der Waals surface area contributed by atoms with Gasteiger partial charge in [-0.25, -0.2) is 0 Å². The van der Waals surface area contributed by atoms with E-state index in [0.717, 1.165) is 5.75 Å². The van der Waals surface area contributed by atoms with Gasteiger partial charge in [-0.2, -0.15) is 11.8 Å². The Morgan fingerprint density at radius 2 is 2.29 bits per heavy atom. The molecule has 1 fully saturated rings. The van der Waals surface area contributed by atoms with Gasteiger partial charge in [0.15, 0.2) is 0 Å². The van der Waals surface area contributed by atoms with Crippen molar-refractivity contribution in [3.8, 4) is 0 Å². The summed E-state index contributed by atoms with van der Waals surface area (Å²) < 4.78 is 5.22. The van der Waals surface area contributed by atoms with Gasteiger partial charge in [-0.05, 0) is 12.7 Å². The van der Waals surface area contributed by atoms with Gasteiger partial charge in [-0.1, -0.05) is 6.92 Å². The van der Waals surface area contributed by atoms with Crippen LogP contribution in [0.15, 0.2) is 0 Å². The van der Waals surface area contributed by atoms with E-state index in [9.17, 15) is 9.59 Å². The second-order valence-corrected chi connectivity index (χ2v) is 5.41. The van der Waals surface area contributed by atoms with E-state index in [1.807, 2.05) is 13.2 Å². The Kier molecular flexibility index (Phi) is 5.27. The fourth-order valence-corrected chi connectivity index (χ4v) is 2.54. The fraction of sp³-hybridized carbons (Fsp3) is 0.818. The molecule has 0 radical (unpaired) electrons. The number of aliphatic carboxylic acids is 1. The van der Waals surface area contributed by atoms with Gasteiger partial charge in [0.25, 0.3) is 0 Å². The first kappa shape index (κ1) is 14.3. The fourth-order valence-electron chi connectivity index (χ4n) is 1.89. The second kappa shape index (κ2) is 6.26. The highest BCUT2D eigenvalue weighted by Gasteiger charge is 2.39. The third-order valence-corrected chi connectivity index (χ3v) is 3.68. The monoisotopic (exact) mass is 261 g/mol. The lowest BCUT2D eigenvalue weighted by molar-refractivity contribution is -0.139. The molecule has 1 aliphatic heterocycles. The number of hydrogen-bond acceptors (Lipinski definition) is 4. The summed E-state index contributed by atoms with van der Waals surface area (Å²) in [7, 11) is 0. The van der Waals surface area contributed by atoms with Gasteiger partial charge in [-0.3, -0.25) is 9.59 Å². The van der Waals surface area contributed by atoms with E-state index >= 15 is 0 Å². The van der Waals surface area contributed by atoms with Gasteiger partial charge in [-0.15, -0.1) is 0 Å². The number of amides is 1. The predicted octanol–water partition coefficient (Wildman–Crippen LogP) is 0.735. The predicted molar refractivity (Wildman–Crippen MR) is 66.1 cm³/mol. The molecule has 0 aliphatic carbocycles. The molecule has 2 atom stereocenters. The summed E-state index contributed by atoms with van der Waals surface area (Å²) in [6.07, 6.45) is 2.43. The molecule has 6 heteroatoms. The van der Waals surface area contributed by atoms with E-state index in [1.54, 1.807) is 11.8 Å². The molecule has 1 aliphatic rings. The maximum absolute atomic E-state index is 11.9. The SMILES string of the molecule is CSCC(C)C(=O)NC1(CC(=O)O)CCOC1. The van der Waals surface area contributed by atoms with Crippen LogP contribution in [0.4, 0.5) is 0 Å². The molecule has 2 N–H and O–H groups in total. The van der Waals surface area contributed by atoms with Gasteiger partial charge in [0, 0.05) is 18.3 Å². The van der Waals surface area contributed by atoms with Crippen LogP contribution in [0.25, 0.3) is 0 Å². The summed E-state index contributed by atoms with van der Waals surface area (Å²) in [5.74, 6) is -0.383. The van der Waals surface area contributed by atoms with Crippen LogP contribution in [0.3, 0.4) is 0 Å². The number of carboxylic acid groups (broad SMARTS) is 1. The van der Waals surface area contributed by atoms with Crippen LogP contribution in [0.2, 0.25) is 0 Å². The minimum Gasteiger partial charge on any atom is -0.481 e. The first-order valence-corrected chi connectivity index (χ1v) is 6.99. The second-order valence-electron chi connectivity index (χ2n) is 4.50. The number of carboxylic acids is 1. The van der Waals surface area contributed by atoms with Gasteiger partial charge >= 0.3 is 5.97 Å². The van der Waals surface area contributed by atoms with Crippen molar-refractivity contribution in [2.45, 2.75) is 25.3 Å². The summed E-state index contributed by atoms with van der Waals surface area (Å²) in [5.41, 5.74) is -0.713. The topological polar surface area (TPSA) is 75.6 Å². The average molecular weight is 261 g/mol. The molecule has 0 spiro atoms. The van der Waals surface area contributed by atoms with Crippen LogP contribution >= 0.6 is 11.8 Å². The van der Waals surface area contributed by atoms with Crippen molar-refractivity contribution in [2.24, 2.45) is 5.92 Å². The molecule has 5 nitrogen and oxygen atoms in total. The Balaban J connectivity index is 2.60. The van der Waals surface area contributed by atoms with E-state index in [4.69, 9.17) is 9.84 Å².